The van der Waals surface area contributed by atoms with Gasteiger partial charge in [0.15, 0.2) is 0 Å². The van der Waals surface area contributed by atoms with E-state index in [0.717, 1.165) is 40.9 Å². The minimum Gasteiger partial charge on any atom is -0.410 e. The molecule has 1 aliphatic rings. The molecule has 1 amide bonds. The molecule has 1 N–H and O–H groups in total. The molecule has 2 heterocycles. The molecule has 1 fully saturated rings. The summed E-state index contributed by atoms with van der Waals surface area (Å²) in [6.45, 7) is 10.9. The molecule has 3 aromatic rings. The first-order valence-corrected chi connectivity index (χ1v) is 10.6. The average molecular weight is 420 g/mol. The van der Waals surface area contributed by atoms with E-state index in [0.29, 0.717) is 19.0 Å². The lowest BCUT2D eigenvalue weighted by Crippen LogP contribution is -2.42. The maximum Gasteiger partial charge on any atom is 0.413 e. The number of pyridine rings is 1. The van der Waals surface area contributed by atoms with Gasteiger partial charge in [-0.25, -0.2) is 9.78 Å². The van der Waals surface area contributed by atoms with Crippen LogP contribution in [0.15, 0.2) is 48.5 Å². The number of rotatable bonds is 3. The molecule has 31 heavy (non-hydrogen) atoms. The minimum absolute atomic E-state index is 0.366. The molecule has 1 aliphatic heterocycles. The number of aryl methyl sites for hydroxylation is 1. The first kappa shape index (κ1) is 21.1. The number of carbonyl (C=O) groups excluding carboxylic acids is 1. The second kappa shape index (κ2) is 8.55. The normalized spacial score (nSPS) is 14.5. The van der Waals surface area contributed by atoms with Gasteiger partial charge in [0, 0.05) is 24.0 Å². The standard InChI is InChI=1S/C25H29N3O3/c1-17-7-5-6-8-19(17)20-16-23(28-11-13-30-14-12-28)26-22-10-9-18(15-21(20)22)31-24(29)27-25(2,3)4/h5-10,15-16H,11-14H2,1-4H3,(H,27,29). The molecule has 0 aliphatic carbocycles. The molecule has 0 unspecified atom stereocenters. The van der Waals surface area contributed by atoms with E-state index in [1.807, 2.05) is 45.0 Å². The Morgan fingerprint density at radius 2 is 1.81 bits per heavy atom. The first-order chi connectivity index (χ1) is 14.8. The van der Waals surface area contributed by atoms with E-state index in [1.54, 1.807) is 6.07 Å². The zero-order chi connectivity index (χ0) is 22.0. The number of anilines is 1. The van der Waals surface area contributed by atoms with Gasteiger partial charge in [0.2, 0.25) is 0 Å². The van der Waals surface area contributed by atoms with Crippen LogP contribution in [0.5, 0.6) is 5.75 Å². The van der Waals surface area contributed by atoms with Crippen molar-refractivity contribution >= 4 is 22.8 Å². The van der Waals surface area contributed by atoms with Gasteiger partial charge in [0.1, 0.15) is 11.6 Å². The number of aromatic nitrogens is 1. The van der Waals surface area contributed by atoms with Crippen LogP contribution in [0, 0.1) is 6.92 Å². The summed E-state index contributed by atoms with van der Waals surface area (Å²) in [5.74, 6) is 1.43. The Morgan fingerprint density at radius 1 is 1.06 bits per heavy atom. The van der Waals surface area contributed by atoms with Gasteiger partial charge in [0.25, 0.3) is 0 Å². The Hall–Kier alpha value is -3.12. The Morgan fingerprint density at radius 3 is 2.52 bits per heavy atom. The molecule has 6 nitrogen and oxygen atoms in total. The molecule has 0 saturated carbocycles. The second-order valence-electron chi connectivity index (χ2n) is 8.89. The van der Waals surface area contributed by atoms with Gasteiger partial charge < -0.3 is 19.7 Å². The van der Waals surface area contributed by atoms with Crippen molar-refractivity contribution in [3.8, 4) is 16.9 Å². The number of ether oxygens (including phenoxy) is 2. The van der Waals surface area contributed by atoms with E-state index >= 15 is 0 Å². The first-order valence-electron chi connectivity index (χ1n) is 10.6. The van der Waals surface area contributed by atoms with Gasteiger partial charge in [-0.2, -0.15) is 0 Å². The van der Waals surface area contributed by atoms with Gasteiger partial charge in [-0.1, -0.05) is 24.3 Å². The quantitative estimate of drug-likeness (QED) is 0.652. The predicted octanol–water partition coefficient (Wildman–Crippen LogP) is 4.93. The molecule has 0 spiro atoms. The highest BCUT2D eigenvalue weighted by Crippen LogP contribution is 2.35. The molecule has 0 atom stereocenters. The van der Waals surface area contributed by atoms with Crippen LogP contribution in [0.25, 0.3) is 22.0 Å². The van der Waals surface area contributed by atoms with Crippen LogP contribution in [-0.2, 0) is 4.74 Å². The van der Waals surface area contributed by atoms with Gasteiger partial charge in [-0.05, 0) is 68.7 Å². The van der Waals surface area contributed by atoms with Gasteiger partial charge in [0.05, 0.1) is 18.7 Å². The number of carbonyl (C=O) groups is 1. The molecule has 6 heteroatoms. The smallest absolute Gasteiger partial charge is 0.410 e. The average Bonchev–Trinajstić information content (AvgIpc) is 2.73. The maximum atomic E-state index is 12.3. The Labute approximate surface area is 183 Å². The topological polar surface area (TPSA) is 63.7 Å². The lowest BCUT2D eigenvalue weighted by Gasteiger charge is -2.28. The van der Waals surface area contributed by atoms with E-state index in [2.05, 4.69) is 35.3 Å². The van der Waals surface area contributed by atoms with Gasteiger partial charge in [-0.15, -0.1) is 0 Å². The van der Waals surface area contributed by atoms with Crippen molar-refractivity contribution < 1.29 is 14.3 Å². The number of morpholine rings is 1. The summed E-state index contributed by atoms with van der Waals surface area (Å²) in [6.07, 6.45) is -0.470. The Balaban J connectivity index is 1.79. The van der Waals surface area contributed by atoms with Crippen molar-refractivity contribution in [2.45, 2.75) is 33.2 Å². The molecule has 1 aromatic heterocycles. The van der Waals surface area contributed by atoms with Crippen LogP contribution in [-0.4, -0.2) is 42.9 Å². The summed E-state index contributed by atoms with van der Waals surface area (Å²) in [4.78, 5) is 19.4. The monoisotopic (exact) mass is 419 g/mol. The van der Waals surface area contributed by atoms with Crippen molar-refractivity contribution in [1.82, 2.24) is 10.3 Å². The van der Waals surface area contributed by atoms with Crippen molar-refractivity contribution in [1.29, 1.82) is 0 Å². The van der Waals surface area contributed by atoms with Gasteiger partial charge >= 0.3 is 6.09 Å². The third-order valence-electron chi connectivity index (χ3n) is 5.22. The van der Waals surface area contributed by atoms with Crippen molar-refractivity contribution in [2.24, 2.45) is 0 Å². The van der Waals surface area contributed by atoms with Gasteiger partial charge in [-0.3, -0.25) is 0 Å². The number of hydrogen-bond acceptors (Lipinski definition) is 5. The van der Waals surface area contributed by atoms with Crippen molar-refractivity contribution in [3.05, 3.63) is 54.1 Å². The third-order valence-corrected chi connectivity index (χ3v) is 5.22. The van der Waals surface area contributed by atoms with Crippen LogP contribution in [0.4, 0.5) is 10.6 Å². The number of nitrogens with one attached hydrogen (secondary N) is 1. The molecule has 2 aromatic carbocycles. The Bertz CT molecular complexity index is 1100. The van der Waals surface area contributed by atoms with E-state index in [1.165, 1.54) is 5.56 Å². The summed E-state index contributed by atoms with van der Waals surface area (Å²) in [7, 11) is 0. The van der Waals surface area contributed by atoms with Crippen LogP contribution >= 0.6 is 0 Å². The lowest BCUT2D eigenvalue weighted by atomic mass is 9.97. The molecule has 1 saturated heterocycles. The number of benzene rings is 2. The number of hydrogen-bond donors (Lipinski definition) is 1. The molecular formula is C25H29N3O3. The highest BCUT2D eigenvalue weighted by atomic mass is 16.6. The molecule has 4 rings (SSSR count). The molecule has 0 radical (unpaired) electrons. The van der Waals surface area contributed by atoms with Crippen LogP contribution in [0.2, 0.25) is 0 Å². The number of amides is 1. The zero-order valence-electron chi connectivity index (χ0n) is 18.6. The lowest BCUT2D eigenvalue weighted by molar-refractivity contribution is 0.122. The largest absolute Gasteiger partial charge is 0.413 e. The molecule has 0 bridgehead atoms. The number of nitrogens with zero attached hydrogens (tertiary/aromatic N) is 2. The highest BCUT2D eigenvalue weighted by molar-refractivity contribution is 5.98. The molecular weight excluding hydrogens is 390 g/mol. The minimum atomic E-state index is -0.470. The van der Waals surface area contributed by atoms with E-state index in [-0.39, 0.29) is 5.54 Å². The maximum absolute atomic E-state index is 12.3. The molecule has 162 valence electrons. The van der Waals surface area contributed by atoms with Crippen LogP contribution < -0.4 is 15.0 Å². The fourth-order valence-electron chi connectivity index (χ4n) is 3.75. The summed E-state index contributed by atoms with van der Waals surface area (Å²) in [5.41, 5.74) is 3.90. The van der Waals surface area contributed by atoms with Crippen molar-refractivity contribution in [3.63, 3.8) is 0 Å². The summed E-state index contributed by atoms with van der Waals surface area (Å²) < 4.78 is 11.1. The Kier molecular flexibility index (Phi) is 5.83. The van der Waals surface area contributed by atoms with E-state index in [9.17, 15) is 4.79 Å². The summed E-state index contributed by atoms with van der Waals surface area (Å²) in [5, 5.41) is 3.78. The summed E-state index contributed by atoms with van der Waals surface area (Å²) >= 11 is 0. The number of fused-ring (bicyclic) bond motifs is 1. The zero-order valence-corrected chi connectivity index (χ0v) is 18.6. The van der Waals surface area contributed by atoms with Crippen LogP contribution in [0.3, 0.4) is 0 Å². The van der Waals surface area contributed by atoms with E-state index < -0.39 is 6.09 Å². The highest BCUT2D eigenvalue weighted by Gasteiger charge is 2.19. The fraction of sp³-hybridized carbons (Fsp3) is 0.360. The predicted molar refractivity (Wildman–Crippen MR) is 124 cm³/mol. The second-order valence-corrected chi connectivity index (χ2v) is 8.89. The van der Waals surface area contributed by atoms with Crippen molar-refractivity contribution in [2.75, 3.05) is 31.2 Å². The fourth-order valence-corrected chi connectivity index (χ4v) is 3.75. The van der Waals surface area contributed by atoms with Crippen LogP contribution in [0.1, 0.15) is 26.3 Å². The summed E-state index contributed by atoms with van der Waals surface area (Å²) in [6, 6.07) is 16.0. The SMILES string of the molecule is Cc1ccccc1-c1cc(N2CCOCC2)nc2ccc(OC(=O)NC(C)(C)C)cc12. The van der Waals surface area contributed by atoms with E-state index in [4.69, 9.17) is 14.5 Å². The third kappa shape index (κ3) is 4.97.